The van der Waals surface area contributed by atoms with E-state index < -0.39 is 11.6 Å². The van der Waals surface area contributed by atoms with Gasteiger partial charge in [-0.2, -0.15) is 5.10 Å². The number of hydrogen-bond acceptors (Lipinski definition) is 3. The molecule has 4 nitrogen and oxygen atoms in total. The molecule has 2 aromatic rings. The fraction of sp³-hybridized carbons (Fsp3) is 0.357. The molecule has 0 saturated heterocycles. The minimum absolute atomic E-state index is 0.0240. The topological polar surface area (TPSA) is 50.1 Å². The van der Waals surface area contributed by atoms with Gasteiger partial charge in [-0.15, -0.1) is 0 Å². The van der Waals surface area contributed by atoms with E-state index in [1.807, 2.05) is 13.8 Å². The van der Waals surface area contributed by atoms with Crippen LogP contribution in [0.25, 0.3) is 0 Å². The van der Waals surface area contributed by atoms with Crippen LogP contribution in [0.3, 0.4) is 0 Å². The van der Waals surface area contributed by atoms with Crippen LogP contribution in [0.1, 0.15) is 16.8 Å². The van der Waals surface area contributed by atoms with E-state index in [-0.39, 0.29) is 13.2 Å². The molecule has 0 aliphatic rings. The van der Waals surface area contributed by atoms with Gasteiger partial charge in [0, 0.05) is 18.2 Å². The Labute approximate surface area is 116 Å². The third-order valence-corrected chi connectivity index (χ3v) is 3.12. The minimum atomic E-state index is -0.599. The largest absolute Gasteiger partial charge is 0.394 e. The second-order valence-electron chi connectivity index (χ2n) is 4.64. The molecule has 0 unspecified atom stereocenters. The second-order valence-corrected chi connectivity index (χ2v) is 4.64. The number of aromatic nitrogens is 2. The quantitative estimate of drug-likeness (QED) is 0.884. The standard InChI is InChI=1S/C14H17F2N3O/c1-9-10(2)18-19(3-4-20)14(9)17-8-11-5-12(15)7-13(16)6-11/h5-7,17,20H,3-4,8H2,1-2H3. The van der Waals surface area contributed by atoms with Gasteiger partial charge in [-0.1, -0.05) is 0 Å². The Morgan fingerprint density at radius 1 is 1.20 bits per heavy atom. The number of anilines is 1. The molecule has 0 fully saturated rings. The zero-order valence-electron chi connectivity index (χ0n) is 11.5. The van der Waals surface area contributed by atoms with Crippen molar-refractivity contribution in [2.24, 2.45) is 0 Å². The minimum Gasteiger partial charge on any atom is -0.394 e. The number of nitrogens with one attached hydrogen (secondary N) is 1. The summed E-state index contributed by atoms with van der Waals surface area (Å²) in [5.41, 5.74) is 2.32. The molecular weight excluding hydrogens is 264 g/mol. The predicted molar refractivity (Wildman–Crippen MR) is 72.5 cm³/mol. The first kappa shape index (κ1) is 14.5. The third kappa shape index (κ3) is 3.14. The monoisotopic (exact) mass is 281 g/mol. The number of aliphatic hydroxyl groups is 1. The number of nitrogens with zero attached hydrogens (tertiary/aromatic N) is 2. The van der Waals surface area contributed by atoms with Crippen molar-refractivity contribution in [3.8, 4) is 0 Å². The van der Waals surface area contributed by atoms with Gasteiger partial charge >= 0.3 is 0 Å². The zero-order valence-corrected chi connectivity index (χ0v) is 11.5. The Morgan fingerprint density at radius 3 is 2.45 bits per heavy atom. The van der Waals surface area contributed by atoms with Gasteiger partial charge in [0.15, 0.2) is 0 Å². The summed E-state index contributed by atoms with van der Waals surface area (Å²) in [5, 5.41) is 16.4. The Bertz CT molecular complexity index is 590. The molecule has 0 aliphatic heterocycles. The van der Waals surface area contributed by atoms with E-state index in [1.54, 1.807) is 4.68 Å². The molecule has 1 aromatic carbocycles. The van der Waals surface area contributed by atoms with Crippen molar-refractivity contribution in [2.75, 3.05) is 11.9 Å². The Hall–Kier alpha value is -1.95. The molecule has 0 radical (unpaired) electrons. The van der Waals surface area contributed by atoms with Gasteiger partial charge in [0.1, 0.15) is 17.5 Å². The molecule has 1 aromatic heterocycles. The first-order valence-electron chi connectivity index (χ1n) is 6.35. The smallest absolute Gasteiger partial charge is 0.127 e. The van der Waals surface area contributed by atoms with Gasteiger partial charge in [-0.25, -0.2) is 13.5 Å². The molecule has 0 saturated carbocycles. The van der Waals surface area contributed by atoms with Crippen molar-refractivity contribution in [2.45, 2.75) is 26.9 Å². The van der Waals surface area contributed by atoms with Crippen LogP contribution >= 0.6 is 0 Å². The van der Waals surface area contributed by atoms with E-state index in [1.165, 1.54) is 12.1 Å². The highest BCUT2D eigenvalue weighted by Gasteiger charge is 2.11. The van der Waals surface area contributed by atoms with Crippen molar-refractivity contribution < 1.29 is 13.9 Å². The number of hydrogen-bond donors (Lipinski definition) is 2. The predicted octanol–water partition coefficient (Wildman–Crippen LogP) is 2.38. The first-order chi connectivity index (χ1) is 9.51. The molecule has 0 amide bonds. The molecule has 20 heavy (non-hydrogen) atoms. The normalized spacial score (nSPS) is 10.8. The maximum Gasteiger partial charge on any atom is 0.127 e. The number of aliphatic hydroxyl groups excluding tert-OH is 1. The lowest BCUT2D eigenvalue weighted by atomic mass is 10.2. The zero-order chi connectivity index (χ0) is 14.7. The van der Waals surface area contributed by atoms with Crippen molar-refractivity contribution in [3.63, 3.8) is 0 Å². The molecule has 2 rings (SSSR count). The van der Waals surface area contributed by atoms with Crippen LogP contribution in [0.2, 0.25) is 0 Å². The number of halogens is 2. The average Bonchev–Trinajstić information content (AvgIpc) is 2.62. The maximum atomic E-state index is 13.1. The highest BCUT2D eigenvalue weighted by molar-refractivity contribution is 5.47. The molecule has 0 aliphatic carbocycles. The van der Waals surface area contributed by atoms with E-state index in [0.717, 1.165) is 23.1 Å². The highest BCUT2D eigenvalue weighted by Crippen LogP contribution is 2.19. The molecule has 1 heterocycles. The van der Waals surface area contributed by atoms with Gasteiger partial charge in [-0.3, -0.25) is 0 Å². The van der Waals surface area contributed by atoms with E-state index in [0.29, 0.717) is 12.1 Å². The van der Waals surface area contributed by atoms with Crippen molar-refractivity contribution in [1.82, 2.24) is 9.78 Å². The first-order valence-corrected chi connectivity index (χ1v) is 6.35. The number of rotatable bonds is 5. The summed E-state index contributed by atoms with van der Waals surface area (Å²) in [6.45, 7) is 4.41. The second kappa shape index (κ2) is 6.00. The van der Waals surface area contributed by atoms with E-state index >= 15 is 0 Å². The fourth-order valence-corrected chi connectivity index (χ4v) is 2.05. The van der Waals surface area contributed by atoms with Crippen LogP contribution in [0.4, 0.5) is 14.6 Å². The lowest BCUT2D eigenvalue weighted by Crippen LogP contribution is -2.11. The van der Waals surface area contributed by atoms with E-state index in [4.69, 9.17) is 5.11 Å². The summed E-state index contributed by atoms with van der Waals surface area (Å²) in [7, 11) is 0. The third-order valence-electron chi connectivity index (χ3n) is 3.12. The molecular formula is C14H17F2N3O. The summed E-state index contributed by atoms with van der Waals surface area (Å²) in [5.74, 6) is -0.446. The van der Waals surface area contributed by atoms with Crippen LogP contribution in [-0.4, -0.2) is 21.5 Å². The molecule has 6 heteroatoms. The van der Waals surface area contributed by atoms with Gasteiger partial charge in [0.2, 0.25) is 0 Å². The van der Waals surface area contributed by atoms with Crippen LogP contribution in [0.15, 0.2) is 18.2 Å². The number of benzene rings is 1. The molecule has 0 spiro atoms. The summed E-state index contributed by atoms with van der Waals surface area (Å²) in [6, 6.07) is 3.41. The van der Waals surface area contributed by atoms with Crippen LogP contribution in [0.5, 0.6) is 0 Å². The van der Waals surface area contributed by atoms with Crippen molar-refractivity contribution in [1.29, 1.82) is 0 Å². The van der Waals surface area contributed by atoms with Crippen LogP contribution in [-0.2, 0) is 13.1 Å². The molecule has 0 bridgehead atoms. The highest BCUT2D eigenvalue weighted by atomic mass is 19.1. The lowest BCUT2D eigenvalue weighted by molar-refractivity contribution is 0.270. The average molecular weight is 281 g/mol. The SMILES string of the molecule is Cc1nn(CCO)c(NCc2cc(F)cc(F)c2)c1C. The summed E-state index contributed by atoms with van der Waals surface area (Å²) >= 11 is 0. The van der Waals surface area contributed by atoms with Gasteiger partial charge in [0.05, 0.1) is 18.8 Å². The number of aryl methyl sites for hydroxylation is 1. The summed E-state index contributed by atoms with van der Waals surface area (Å²) < 4.78 is 27.9. The van der Waals surface area contributed by atoms with E-state index in [2.05, 4.69) is 10.4 Å². The maximum absolute atomic E-state index is 13.1. The van der Waals surface area contributed by atoms with Crippen LogP contribution in [0, 0.1) is 25.5 Å². The molecule has 2 N–H and O–H groups in total. The fourth-order valence-electron chi connectivity index (χ4n) is 2.05. The molecule has 108 valence electrons. The van der Waals surface area contributed by atoms with Gasteiger partial charge < -0.3 is 10.4 Å². The summed E-state index contributed by atoms with van der Waals surface area (Å²) in [6.07, 6.45) is 0. The Morgan fingerprint density at radius 2 is 1.85 bits per heavy atom. The Kier molecular flexibility index (Phi) is 4.34. The van der Waals surface area contributed by atoms with Gasteiger partial charge in [0.25, 0.3) is 0 Å². The van der Waals surface area contributed by atoms with Crippen LogP contribution < -0.4 is 5.32 Å². The molecule has 0 atom stereocenters. The van der Waals surface area contributed by atoms with Gasteiger partial charge in [-0.05, 0) is 31.5 Å². The van der Waals surface area contributed by atoms with E-state index in [9.17, 15) is 8.78 Å². The van der Waals surface area contributed by atoms with Crippen molar-refractivity contribution >= 4 is 5.82 Å². The Balaban J connectivity index is 2.17. The lowest BCUT2D eigenvalue weighted by Gasteiger charge is -2.10. The summed E-state index contributed by atoms with van der Waals surface area (Å²) in [4.78, 5) is 0. The van der Waals surface area contributed by atoms with Crippen molar-refractivity contribution in [3.05, 3.63) is 46.7 Å².